The standard InChI is InChI=1S/C13H26N2/c1-13(2)8-5-10-15(13)11-7-12-6-3-4-9-14-12/h12,14H,3-11H2,1-2H3. The number of likely N-dealkylation sites (tertiary alicyclic amines) is 1. The number of nitrogens with zero attached hydrogens (tertiary/aromatic N) is 1. The quantitative estimate of drug-likeness (QED) is 0.769. The predicted octanol–water partition coefficient (Wildman–Crippen LogP) is 2.39. The molecule has 2 nitrogen and oxygen atoms in total. The number of hydrogen-bond donors (Lipinski definition) is 1. The Morgan fingerprint density at radius 1 is 1.27 bits per heavy atom. The lowest BCUT2D eigenvalue weighted by Crippen LogP contribution is -2.42. The summed E-state index contributed by atoms with van der Waals surface area (Å²) in [4.78, 5) is 2.68. The molecule has 1 unspecified atom stereocenters. The van der Waals surface area contributed by atoms with Crippen molar-refractivity contribution in [1.82, 2.24) is 10.2 Å². The van der Waals surface area contributed by atoms with E-state index in [2.05, 4.69) is 24.1 Å². The van der Waals surface area contributed by atoms with Crippen LogP contribution in [0.4, 0.5) is 0 Å². The van der Waals surface area contributed by atoms with Crippen molar-refractivity contribution in [3.8, 4) is 0 Å². The summed E-state index contributed by atoms with van der Waals surface area (Å²) in [5.74, 6) is 0. The highest BCUT2D eigenvalue weighted by atomic mass is 15.2. The first kappa shape index (κ1) is 11.4. The second kappa shape index (κ2) is 4.84. The molecule has 0 aromatic rings. The van der Waals surface area contributed by atoms with Gasteiger partial charge in [-0.15, -0.1) is 0 Å². The molecular weight excluding hydrogens is 184 g/mol. The molecule has 2 heteroatoms. The number of nitrogens with one attached hydrogen (secondary N) is 1. The van der Waals surface area contributed by atoms with Crippen LogP contribution in [0.5, 0.6) is 0 Å². The van der Waals surface area contributed by atoms with E-state index in [0.29, 0.717) is 5.54 Å². The Hall–Kier alpha value is -0.0800. The maximum absolute atomic E-state index is 3.64. The lowest BCUT2D eigenvalue weighted by atomic mass is 9.99. The van der Waals surface area contributed by atoms with Gasteiger partial charge in [-0.2, -0.15) is 0 Å². The molecule has 0 spiro atoms. The van der Waals surface area contributed by atoms with Gasteiger partial charge in [0, 0.05) is 18.1 Å². The summed E-state index contributed by atoms with van der Waals surface area (Å²) in [5.41, 5.74) is 0.467. The van der Waals surface area contributed by atoms with Gasteiger partial charge in [0.2, 0.25) is 0 Å². The topological polar surface area (TPSA) is 15.3 Å². The molecule has 2 rings (SSSR count). The van der Waals surface area contributed by atoms with Crippen molar-refractivity contribution in [2.24, 2.45) is 0 Å². The first-order valence-corrected chi connectivity index (χ1v) is 6.67. The number of piperidine rings is 1. The summed E-state index contributed by atoms with van der Waals surface area (Å²) in [6.45, 7) is 8.65. The molecule has 0 bridgehead atoms. The first-order valence-electron chi connectivity index (χ1n) is 6.67. The molecule has 2 heterocycles. The van der Waals surface area contributed by atoms with Gasteiger partial charge in [-0.3, -0.25) is 4.90 Å². The molecule has 0 amide bonds. The van der Waals surface area contributed by atoms with Crippen molar-refractivity contribution in [2.45, 2.75) is 64.0 Å². The van der Waals surface area contributed by atoms with Crippen LogP contribution in [0, 0.1) is 0 Å². The zero-order valence-corrected chi connectivity index (χ0v) is 10.4. The molecule has 1 N–H and O–H groups in total. The van der Waals surface area contributed by atoms with Gasteiger partial charge in [-0.25, -0.2) is 0 Å². The molecule has 15 heavy (non-hydrogen) atoms. The predicted molar refractivity (Wildman–Crippen MR) is 65.1 cm³/mol. The minimum absolute atomic E-state index is 0.467. The molecule has 2 saturated heterocycles. The molecule has 0 aliphatic carbocycles. The fourth-order valence-electron chi connectivity index (χ4n) is 3.06. The van der Waals surface area contributed by atoms with Crippen molar-refractivity contribution in [3.05, 3.63) is 0 Å². The lowest BCUT2D eigenvalue weighted by molar-refractivity contribution is 0.163. The SMILES string of the molecule is CC1(C)CCCN1CCC1CCCCN1. The minimum Gasteiger partial charge on any atom is -0.314 e. The van der Waals surface area contributed by atoms with E-state index in [1.165, 1.54) is 58.2 Å². The normalized spacial score (nSPS) is 32.0. The van der Waals surface area contributed by atoms with Crippen LogP contribution in [0.1, 0.15) is 52.4 Å². The highest BCUT2D eigenvalue weighted by molar-refractivity contribution is 4.88. The molecule has 1 atom stereocenters. The van der Waals surface area contributed by atoms with Gasteiger partial charge >= 0.3 is 0 Å². The third-order valence-corrected chi connectivity index (χ3v) is 4.23. The summed E-state index contributed by atoms with van der Waals surface area (Å²) in [7, 11) is 0. The molecular formula is C13H26N2. The fourth-order valence-corrected chi connectivity index (χ4v) is 3.06. The van der Waals surface area contributed by atoms with Crippen LogP contribution in [0.3, 0.4) is 0 Å². The van der Waals surface area contributed by atoms with Crippen LogP contribution in [0.25, 0.3) is 0 Å². The zero-order chi connectivity index (χ0) is 10.7. The molecule has 0 saturated carbocycles. The third kappa shape index (κ3) is 2.94. The van der Waals surface area contributed by atoms with E-state index in [4.69, 9.17) is 0 Å². The lowest BCUT2D eigenvalue weighted by Gasteiger charge is -2.33. The van der Waals surface area contributed by atoms with Gasteiger partial charge in [0.25, 0.3) is 0 Å². The maximum Gasteiger partial charge on any atom is 0.0153 e. The molecule has 88 valence electrons. The molecule has 0 radical (unpaired) electrons. The van der Waals surface area contributed by atoms with Crippen LogP contribution in [-0.2, 0) is 0 Å². The average Bonchev–Trinajstić information content (AvgIpc) is 2.56. The van der Waals surface area contributed by atoms with Crippen molar-refractivity contribution >= 4 is 0 Å². The Kier molecular flexibility index (Phi) is 3.68. The molecule has 2 aliphatic rings. The van der Waals surface area contributed by atoms with Crippen molar-refractivity contribution in [3.63, 3.8) is 0 Å². The van der Waals surface area contributed by atoms with Gasteiger partial charge < -0.3 is 5.32 Å². The largest absolute Gasteiger partial charge is 0.314 e. The van der Waals surface area contributed by atoms with E-state index in [-0.39, 0.29) is 0 Å². The Bertz CT molecular complexity index is 195. The van der Waals surface area contributed by atoms with Crippen LogP contribution in [-0.4, -0.2) is 36.1 Å². The van der Waals surface area contributed by atoms with Crippen LogP contribution in [0.2, 0.25) is 0 Å². The Morgan fingerprint density at radius 2 is 2.13 bits per heavy atom. The summed E-state index contributed by atoms with van der Waals surface area (Å²) in [6, 6.07) is 0.801. The van der Waals surface area contributed by atoms with E-state index >= 15 is 0 Å². The van der Waals surface area contributed by atoms with Crippen molar-refractivity contribution < 1.29 is 0 Å². The third-order valence-electron chi connectivity index (χ3n) is 4.23. The average molecular weight is 210 g/mol. The van der Waals surface area contributed by atoms with Gasteiger partial charge in [0.05, 0.1) is 0 Å². The van der Waals surface area contributed by atoms with E-state index in [0.717, 1.165) is 6.04 Å². The van der Waals surface area contributed by atoms with Crippen LogP contribution in [0.15, 0.2) is 0 Å². The maximum atomic E-state index is 3.64. The smallest absolute Gasteiger partial charge is 0.0153 e. The second-order valence-electron chi connectivity index (χ2n) is 5.84. The van der Waals surface area contributed by atoms with Gasteiger partial charge in [0.1, 0.15) is 0 Å². The number of hydrogen-bond acceptors (Lipinski definition) is 2. The van der Waals surface area contributed by atoms with Gasteiger partial charge in [-0.1, -0.05) is 6.42 Å². The second-order valence-corrected chi connectivity index (χ2v) is 5.84. The van der Waals surface area contributed by atoms with E-state index in [9.17, 15) is 0 Å². The highest BCUT2D eigenvalue weighted by Crippen LogP contribution is 2.28. The molecule has 0 aromatic carbocycles. The Balaban J connectivity index is 1.72. The summed E-state index contributed by atoms with van der Waals surface area (Å²) >= 11 is 0. The molecule has 2 aliphatic heterocycles. The highest BCUT2D eigenvalue weighted by Gasteiger charge is 2.31. The fraction of sp³-hybridized carbons (Fsp3) is 1.00. The van der Waals surface area contributed by atoms with Gasteiger partial charge in [-0.05, 0) is 59.0 Å². The van der Waals surface area contributed by atoms with E-state index in [1.807, 2.05) is 0 Å². The Morgan fingerprint density at radius 3 is 2.73 bits per heavy atom. The minimum atomic E-state index is 0.467. The van der Waals surface area contributed by atoms with E-state index < -0.39 is 0 Å². The summed E-state index contributed by atoms with van der Waals surface area (Å²) < 4.78 is 0. The van der Waals surface area contributed by atoms with Crippen molar-refractivity contribution in [2.75, 3.05) is 19.6 Å². The van der Waals surface area contributed by atoms with Crippen LogP contribution >= 0.6 is 0 Å². The zero-order valence-electron chi connectivity index (χ0n) is 10.4. The monoisotopic (exact) mass is 210 g/mol. The summed E-state index contributed by atoms with van der Waals surface area (Å²) in [5, 5.41) is 3.64. The number of rotatable bonds is 3. The Labute approximate surface area is 94.4 Å². The molecule has 0 aromatic heterocycles. The van der Waals surface area contributed by atoms with Crippen molar-refractivity contribution in [1.29, 1.82) is 0 Å². The molecule has 2 fully saturated rings. The van der Waals surface area contributed by atoms with Crippen LogP contribution < -0.4 is 5.32 Å². The first-order chi connectivity index (χ1) is 7.18. The van der Waals surface area contributed by atoms with Gasteiger partial charge in [0.15, 0.2) is 0 Å². The summed E-state index contributed by atoms with van der Waals surface area (Å²) in [6.07, 6.45) is 8.33. The van der Waals surface area contributed by atoms with E-state index in [1.54, 1.807) is 0 Å².